The monoisotopic (exact) mass is 483 g/mol. The lowest BCUT2D eigenvalue weighted by molar-refractivity contribution is -0.139. The number of ether oxygens (including phenoxy) is 3. The van der Waals surface area contributed by atoms with Gasteiger partial charge in [0.05, 0.1) is 6.61 Å². The Kier molecular flexibility index (Phi) is 13.4. The lowest BCUT2D eigenvalue weighted by Gasteiger charge is -2.38. The molecule has 0 saturated carbocycles. The van der Waals surface area contributed by atoms with Crippen molar-refractivity contribution in [3.8, 4) is 0 Å². The van der Waals surface area contributed by atoms with E-state index in [1.807, 2.05) is 11.8 Å². The van der Waals surface area contributed by atoms with Crippen molar-refractivity contribution in [2.45, 2.75) is 79.0 Å². The molecule has 0 radical (unpaired) electrons. The second kappa shape index (κ2) is 15.1. The van der Waals surface area contributed by atoms with Gasteiger partial charge in [0.1, 0.15) is 23.9 Å². The van der Waals surface area contributed by atoms with Crippen molar-refractivity contribution < 1.29 is 23.8 Å². The van der Waals surface area contributed by atoms with Crippen molar-refractivity contribution >= 4 is 29.9 Å². The highest BCUT2D eigenvalue weighted by atomic mass is 32.1. The van der Waals surface area contributed by atoms with Gasteiger partial charge in [-0.05, 0) is 31.9 Å². The third kappa shape index (κ3) is 8.46. The summed E-state index contributed by atoms with van der Waals surface area (Å²) in [4.78, 5) is 36.2. The molecule has 1 unspecified atom stereocenters. The van der Waals surface area contributed by atoms with Crippen LogP contribution in [0.3, 0.4) is 0 Å². The molecule has 0 aliphatic carbocycles. The van der Waals surface area contributed by atoms with Crippen LogP contribution >= 0.6 is 11.3 Å². The van der Waals surface area contributed by atoms with Crippen LogP contribution in [-0.4, -0.2) is 67.6 Å². The van der Waals surface area contributed by atoms with Gasteiger partial charge in [-0.2, -0.15) is 0 Å². The first-order valence-electron chi connectivity index (χ1n) is 11.7. The Bertz CT molecular complexity index is 739. The van der Waals surface area contributed by atoms with Crippen molar-refractivity contribution in [1.29, 1.82) is 0 Å². The van der Waals surface area contributed by atoms with Crippen molar-refractivity contribution in [2.75, 3.05) is 27.1 Å². The van der Waals surface area contributed by atoms with Crippen molar-refractivity contribution in [1.82, 2.24) is 9.88 Å². The van der Waals surface area contributed by atoms with Crippen LogP contribution in [0.15, 0.2) is 10.4 Å². The van der Waals surface area contributed by atoms with E-state index in [1.165, 1.54) is 11.3 Å². The first-order chi connectivity index (χ1) is 15.7. The van der Waals surface area contributed by atoms with Crippen LogP contribution < -0.4 is 0 Å². The van der Waals surface area contributed by atoms with Gasteiger partial charge in [0, 0.05) is 31.5 Å². The molecule has 0 fully saturated rings. The molecule has 0 spiro atoms. The minimum Gasteiger partial charge on any atom is -0.461 e. The molecule has 4 atom stereocenters. The minimum atomic E-state index is -0.476. The minimum absolute atomic E-state index is 0.00302. The topological polar surface area (TPSA) is 90.3 Å². The van der Waals surface area contributed by atoms with E-state index in [0.717, 1.165) is 12.8 Å². The summed E-state index contributed by atoms with van der Waals surface area (Å²) in [6, 6.07) is -0.584. The van der Waals surface area contributed by atoms with Crippen LogP contribution in [0.4, 0.5) is 0 Å². The number of aliphatic imine (C=N–C) groups is 1. The molecule has 1 aromatic rings. The van der Waals surface area contributed by atoms with Crippen LogP contribution in [0, 0.1) is 11.8 Å². The van der Waals surface area contributed by atoms with Crippen molar-refractivity contribution in [3.63, 3.8) is 0 Å². The summed E-state index contributed by atoms with van der Waals surface area (Å²) >= 11 is 1.34. The van der Waals surface area contributed by atoms with E-state index in [9.17, 15) is 9.59 Å². The number of carbonyl (C=O) groups is 2. The Morgan fingerprint density at radius 1 is 1.24 bits per heavy atom. The Morgan fingerprint density at radius 3 is 2.45 bits per heavy atom. The van der Waals surface area contributed by atoms with Crippen LogP contribution in [0.5, 0.6) is 0 Å². The molecule has 1 rings (SSSR count). The zero-order chi connectivity index (χ0) is 25.0. The molecule has 9 heteroatoms. The molecule has 0 bridgehead atoms. The molecule has 0 saturated heterocycles. The highest BCUT2D eigenvalue weighted by Gasteiger charge is 2.35. The zero-order valence-electron chi connectivity index (χ0n) is 21.2. The Balaban J connectivity index is 3.26. The highest BCUT2D eigenvalue weighted by Crippen LogP contribution is 2.31. The quantitative estimate of drug-likeness (QED) is 0.191. The maximum Gasteiger partial charge on any atom is 0.357 e. The Hall–Kier alpha value is -1.84. The summed E-state index contributed by atoms with van der Waals surface area (Å²) in [5.74, 6) is -0.186. The molecule has 8 nitrogen and oxygen atoms in total. The summed E-state index contributed by atoms with van der Waals surface area (Å²) in [5.41, 5.74) is 0.262. The van der Waals surface area contributed by atoms with Gasteiger partial charge < -0.3 is 19.1 Å². The molecule has 1 amide bonds. The first kappa shape index (κ1) is 29.2. The average Bonchev–Trinajstić information content (AvgIpc) is 3.28. The van der Waals surface area contributed by atoms with Crippen LogP contribution in [-0.2, 0) is 19.0 Å². The molecule has 0 N–H and O–H groups in total. The summed E-state index contributed by atoms with van der Waals surface area (Å²) in [6.07, 6.45) is 1.76. The van der Waals surface area contributed by atoms with Gasteiger partial charge in [-0.1, -0.05) is 41.0 Å². The molecule has 0 aromatic carbocycles. The average molecular weight is 484 g/mol. The molecule has 0 aliphatic heterocycles. The molecule has 1 aromatic heterocycles. The lowest BCUT2D eigenvalue weighted by Crippen LogP contribution is -2.49. The number of methoxy groups -OCH3 is 1. The number of hydrogen-bond donors (Lipinski definition) is 0. The highest BCUT2D eigenvalue weighted by molar-refractivity contribution is 7.09. The smallest absolute Gasteiger partial charge is 0.357 e. The van der Waals surface area contributed by atoms with Crippen molar-refractivity contribution in [2.24, 2.45) is 16.8 Å². The number of hydrogen-bond acceptors (Lipinski definition) is 8. The van der Waals surface area contributed by atoms with Gasteiger partial charge in [-0.25, -0.2) is 9.78 Å². The first-order valence-corrected chi connectivity index (χ1v) is 12.6. The number of thiazole rings is 1. The molecular formula is C24H41N3O5S. The van der Waals surface area contributed by atoms with Crippen molar-refractivity contribution in [3.05, 3.63) is 16.1 Å². The predicted octanol–water partition coefficient (Wildman–Crippen LogP) is 4.75. The Morgan fingerprint density at radius 2 is 1.94 bits per heavy atom. The third-order valence-electron chi connectivity index (χ3n) is 5.67. The maximum atomic E-state index is 13.6. The van der Waals surface area contributed by atoms with E-state index in [1.54, 1.807) is 19.4 Å². The third-order valence-corrected chi connectivity index (χ3v) is 6.61. The van der Waals surface area contributed by atoms with E-state index < -0.39 is 18.1 Å². The number of carbonyl (C=O) groups excluding carboxylic acids is 2. The van der Waals surface area contributed by atoms with E-state index in [-0.39, 0.29) is 42.9 Å². The second-order valence-corrected chi connectivity index (χ2v) is 9.33. The van der Waals surface area contributed by atoms with Gasteiger partial charge in [-0.15, -0.1) is 11.3 Å². The SMILES string of the molecule is C=N[C@H](C(=O)N(CCC)[C@H](C[C@@H](OCOC)c1nc(C(=O)OCC)cs1)C(C)C)C(C)CC. The molecular weight excluding hydrogens is 442 g/mol. The Labute approximate surface area is 202 Å². The molecule has 188 valence electrons. The van der Waals surface area contributed by atoms with Gasteiger partial charge in [0.25, 0.3) is 0 Å². The number of amides is 1. The predicted molar refractivity (Wildman–Crippen MR) is 132 cm³/mol. The number of rotatable bonds is 16. The number of aromatic nitrogens is 1. The molecule has 0 aliphatic rings. The van der Waals surface area contributed by atoms with Gasteiger partial charge in [0.2, 0.25) is 5.91 Å². The number of esters is 1. The fourth-order valence-corrected chi connectivity index (χ4v) is 4.53. The standard InChI is InChI=1S/C24H41N3O5S/c1-9-12-27(23(28)21(25-7)17(6)10-2)19(16(4)5)13-20(32-15-30-8)22-26-18(14-33-22)24(29)31-11-3/h14,16-17,19-21H,7,9-13,15H2,1-6,8H3/t17?,19-,20-,21+/m1/s1. The van der Waals surface area contributed by atoms with Gasteiger partial charge >= 0.3 is 5.97 Å². The normalized spacial score (nSPS) is 15.0. The van der Waals surface area contributed by atoms with Crippen LogP contribution in [0.25, 0.3) is 0 Å². The summed E-state index contributed by atoms with van der Waals surface area (Å²) < 4.78 is 16.2. The van der Waals surface area contributed by atoms with Crippen LogP contribution in [0.1, 0.15) is 82.4 Å². The second-order valence-electron chi connectivity index (χ2n) is 8.44. The lowest BCUT2D eigenvalue weighted by atomic mass is 9.92. The fourth-order valence-electron chi connectivity index (χ4n) is 3.68. The van der Waals surface area contributed by atoms with E-state index in [2.05, 4.69) is 44.4 Å². The zero-order valence-corrected chi connectivity index (χ0v) is 22.0. The van der Waals surface area contributed by atoms with E-state index >= 15 is 0 Å². The van der Waals surface area contributed by atoms with Gasteiger partial charge in [0.15, 0.2) is 5.69 Å². The summed E-state index contributed by atoms with van der Waals surface area (Å²) in [7, 11) is 1.56. The number of nitrogens with zero attached hydrogens (tertiary/aromatic N) is 3. The maximum absolute atomic E-state index is 13.6. The molecule has 33 heavy (non-hydrogen) atoms. The molecule has 1 heterocycles. The van der Waals surface area contributed by atoms with E-state index in [4.69, 9.17) is 14.2 Å². The largest absolute Gasteiger partial charge is 0.461 e. The summed E-state index contributed by atoms with van der Waals surface area (Å²) in [5, 5.41) is 2.33. The fraction of sp³-hybridized carbons (Fsp3) is 0.750. The van der Waals surface area contributed by atoms with Crippen LogP contribution in [0.2, 0.25) is 0 Å². The summed E-state index contributed by atoms with van der Waals surface area (Å²) in [6.45, 7) is 16.8. The van der Waals surface area contributed by atoms with Gasteiger partial charge in [-0.3, -0.25) is 9.79 Å². The van der Waals surface area contributed by atoms with E-state index in [0.29, 0.717) is 18.0 Å².